The molecule has 1 heterocycles. The number of aryl methyl sites for hydroxylation is 1. The van der Waals surface area contributed by atoms with Gasteiger partial charge in [-0.25, -0.2) is 4.90 Å². The number of amides is 2. The van der Waals surface area contributed by atoms with Crippen molar-refractivity contribution in [2.75, 3.05) is 10.4 Å². The number of imide groups is 1. The normalized spacial score (nSPS) is 13.5. The van der Waals surface area contributed by atoms with Crippen molar-refractivity contribution >= 4 is 29.2 Å². The molecule has 0 aromatic heterocycles. The number of anilines is 2. The molecule has 1 aliphatic rings. The van der Waals surface area contributed by atoms with Crippen LogP contribution in [0.1, 0.15) is 60.4 Å². The van der Waals surface area contributed by atoms with Gasteiger partial charge in [0.25, 0.3) is 11.8 Å². The summed E-state index contributed by atoms with van der Waals surface area (Å²) in [7, 11) is 0. The molecule has 2 amide bonds. The highest BCUT2D eigenvalue weighted by molar-refractivity contribution is 6.35. The summed E-state index contributed by atoms with van der Waals surface area (Å²) in [5.41, 5.74) is 4.17. The maximum atomic E-state index is 13.1. The van der Waals surface area contributed by atoms with Crippen LogP contribution in [-0.2, 0) is 9.63 Å². The number of fused-ring (bicyclic) bond motifs is 1. The summed E-state index contributed by atoms with van der Waals surface area (Å²) in [5, 5.41) is 0. The van der Waals surface area contributed by atoms with E-state index in [1.54, 1.807) is 50.2 Å². The summed E-state index contributed by atoms with van der Waals surface area (Å²) in [6.45, 7) is 9.01. The molecular formula is C22H24N2O5. The highest BCUT2D eigenvalue weighted by Gasteiger charge is 2.39. The van der Waals surface area contributed by atoms with Gasteiger partial charge in [0.05, 0.1) is 22.4 Å². The Morgan fingerprint density at radius 1 is 1.07 bits per heavy atom. The number of hydrogen-bond acceptors (Lipinski definition) is 6. The highest BCUT2D eigenvalue weighted by Crippen LogP contribution is 2.40. The number of benzene rings is 2. The van der Waals surface area contributed by atoms with Crippen LogP contribution < -0.4 is 15.1 Å². The Morgan fingerprint density at radius 2 is 1.76 bits per heavy atom. The van der Waals surface area contributed by atoms with E-state index in [2.05, 4.69) is 5.48 Å². The highest BCUT2D eigenvalue weighted by atomic mass is 16.7. The summed E-state index contributed by atoms with van der Waals surface area (Å²) in [6, 6.07) is 10.00. The standard InChI is InChI=1S/C22H24N2O5/c1-6-17(25)28-19-15(23-29-22(3,4)5)11-8-12-16(19)24-20(26)14-10-7-9-13(2)18(14)21(24)27/h7-12,23H,6H2,1-5H3. The molecule has 0 aliphatic carbocycles. The molecule has 7 nitrogen and oxygen atoms in total. The van der Waals surface area contributed by atoms with E-state index >= 15 is 0 Å². The van der Waals surface area contributed by atoms with Crippen molar-refractivity contribution in [2.45, 2.75) is 46.6 Å². The molecule has 0 radical (unpaired) electrons. The average Bonchev–Trinajstić information content (AvgIpc) is 2.91. The lowest BCUT2D eigenvalue weighted by atomic mass is 10.0. The minimum Gasteiger partial charge on any atom is -0.422 e. The van der Waals surface area contributed by atoms with Gasteiger partial charge in [-0.3, -0.25) is 24.7 Å². The maximum absolute atomic E-state index is 13.1. The van der Waals surface area contributed by atoms with E-state index in [0.29, 0.717) is 22.4 Å². The van der Waals surface area contributed by atoms with Gasteiger partial charge in [0.2, 0.25) is 0 Å². The zero-order chi connectivity index (χ0) is 21.3. The Morgan fingerprint density at radius 3 is 2.38 bits per heavy atom. The fourth-order valence-electron chi connectivity index (χ4n) is 2.96. The molecule has 0 atom stereocenters. The van der Waals surface area contributed by atoms with Gasteiger partial charge >= 0.3 is 5.97 Å². The van der Waals surface area contributed by atoms with E-state index in [9.17, 15) is 14.4 Å². The SMILES string of the molecule is CCC(=O)Oc1c(NOC(C)(C)C)cccc1N1C(=O)c2cccc(C)c2C1=O. The third kappa shape index (κ3) is 4.00. The lowest BCUT2D eigenvalue weighted by molar-refractivity contribution is -0.133. The van der Waals surface area contributed by atoms with Crippen LogP contribution in [0.15, 0.2) is 36.4 Å². The van der Waals surface area contributed by atoms with Crippen molar-refractivity contribution in [3.63, 3.8) is 0 Å². The van der Waals surface area contributed by atoms with E-state index in [0.717, 1.165) is 4.90 Å². The zero-order valence-electron chi connectivity index (χ0n) is 17.2. The van der Waals surface area contributed by atoms with Gasteiger partial charge in [-0.15, -0.1) is 0 Å². The summed E-state index contributed by atoms with van der Waals surface area (Å²) >= 11 is 0. The smallest absolute Gasteiger partial charge is 0.311 e. The lowest BCUT2D eigenvalue weighted by Crippen LogP contribution is -2.30. The molecular weight excluding hydrogens is 372 g/mol. The van der Waals surface area contributed by atoms with E-state index in [1.807, 2.05) is 20.8 Å². The number of para-hydroxylation sites is 1. The maximum Gasteiger partial charge on any atom is 0.311 e. The first-order chi connectivity index (χ1) is 13.6. The molecule has 0 unspecified atom stereocenters. The molecule has 2 aromatic rings. The number of rotatable bonds is 5. The molecule has 29 heavy (non-hydrogen) atoms. The molecule has 0 fully saturated rings. The largest absolute Gasteiger partial charge is 0.422 e. The van der Waals surface area contributed by atoms with Crippen molar-refractivity contribution in [3.8, 4) is 5.75 Å². The van der Waals surface area contributed by atoms with Crippen LogP contribution in [0, 0.1) is 6.92 Å². The van der Waals surface area contributed by atoms with Crippen LogP contribution in [0.5, 0.6) is 5.75 Å². The number of nitrogens with zero attached hydrogens (tertiary/aromatic N) is 1. The minimum atomic E-state index is -0.519. The summed E-state index contributed by atoms with van der Waals surface area (Å²) in [6.07, 6.45) is 0.134. The molecule has 1 aliphatic heterocycles. The molecule has 1 N–H and O–H groups in total. The molecule has 7 heteroatoms. The third-order valence-corrected chi connectivity index (χ3v) is 4.33. The van der Waals surface area contributed by atoms with Gasteiger partial charge in [-0.2, -0.15) is 0 Å². The van der Waals surface area contributed by atoms with Gasteiger partial charge in [-0.05, 0) is 51.5 Å². The Balaban J connectivity index is 2.09. The van der Waals surface area contributed by atoms with Crippen molar-refractivity contribution in [3.05, 3.63) is 53.1 Å². The second-order valence-electron chi connectivity index (χ2n) is 7.74. The number of carbonyl (C=O) groups is 3. The number of hydrogen-bond donors (Lipinski definition) is 1. The second kappa shape index (κ2) is 7.67. The Kier molecular flexibility index (Phi) is 5.44. The van der Waals surface area contributed by atoms with Gasteiger partial charge in [0, 0.05) is 6.42 Å². The Hall–Kier alpha value is -3.19. The number of carbonyl (C=O) groups excluding carboxylic acids is 3. The van der Waals surface area contributed by atoms with Crippen LogP contribution in [-0.4, -0.2) is 23.4 Å². The van der Waals surface area contributed by atoms with Crippen LogP contribution >= 0.6 is 0 Å². The summed E-state index contributed by atoms with van der Waals surface area (Å²) in [5.74, 6) is -1.35. The van der Waals surface area contributed by atoms with Crippen LogP contribution in [0.3, 0.4) is 0 Å². The molecule has 152 valence electrons. The first-order valence-electron chi connectivity index (χ1n) is 9.40. The monoisotopic (exact) mass is 396 g/mol. The van der Waals surface area contributed by atoms with E-state index in [1.165, 1.54) is 0 Å². The first kappa shape index (κ1) is 20.5. The van der Waals surface area contributed by atoms with Crippen molar-refractivity contribution in [1.82, 2.24) is 0 Å². The summed E-state index contributed by atoms with van der Waals surface area (Å²) in [4.78, 5) is 44.8. The zero-order valence-corrected chi connectivity index (χ0v) is 17.2. The van der Waals surface area contributed by atoms with Crippen LogP contribution in [0.25, 0.3) is 0 Å². The van der Waals surface area contributed by atoms with E-state index in [4.69, 9.17) is 9.57 Å². The van der Waals surface area contributed by atoms with Crippen molar-refractivity contribution in [2.24, 2.45) is 0 Å². The Bertz CT molecular complexity index is 991. The van der Waals surface area contributed by atoms with E-state index in [-0.39, 0.29) is 17.9 Å². The molecule has 2 aromatic carbocycles. The van der Waals surface area contributed by atoms with Gasteiger partial charge in [0.15, 0.2) is 5.75 Å². The minimum absolute atomic E-state index is 0.0655. The average molecular weight is 396 g/mol. The van der Waals surface area contributed by atoms with Crippen LogP contribution in [0.2, 0.25) is 0 Å². The molecule has 0 spiro atoms. The predicted octanol–water partition coefficient (Wildman–Crippen LogP) is 4.25. The van der Waals surface area contributed by atoms with Crippen molar-refractivity contribution in [1.29, 1.82) is 0 Å². The van der Waals surface area contributed by atoms with Gasteiger partial charge < -0.3 is 4.74 Å². The van der Waals surface area contributed by atoms with Crippen LogP contribution in [0.4, 0.5) is 11.4 Å². The fourth-order valence-corrected chi connectivity index (χ4v) is 2.96. The lowest BCUT2D eigenvalue weighted by Gasteiger charge is -2.24. The fraction of sp³-hybridized carbons (Fsp3) is 0.318. The van der Waals surface area contributed by atoms with Gasteiger partial charge in [0.1, 0.15) is 5.69 Å². The molecule has 3 rings (SSSR count). The van der Waals surface area contributed by atoms with Gasteiger partial charge in [-0.1, -0.05) is 25.1 Å². The molecule has 0 saturated carbocycles. The number of nitrogens with one attached hydrogen (secondary N) is 1. The topological polar surface area (TPSA) is 84.9 Å². The predicted molar refractivity (Wildman–Crippen MR) is 109 cm³/mol. The summed E-state index contributed by atoms with van der Waals surface area (Å²) < 4.78 is 5.50. The number of ether oxygens (including phenoxy) is 1. The number of esters is 1. The second-order valence-corrected chi connectivity index (χ2v) is 7.74. The van der Waals surface area contributed by atoms with E-state index < -0.39 is 23.4 Å². The quantitative estimate of drug-likeness (QED) is 0.352. The molecule has 0 saturated heterocycles. The first-order valence-corrected chi connectivity index (χ1v) is 9.40. The third-order valence-electron chi connectivity index (χ3n) is 4.33. The Labute approximate surface area is 169 Å². The molecule has 0 bridgehead atoms. The van der Waals surface area contributed by atoms with Crippen molar-refractivity contribution < 1.29 is 24.0 Å².